The smallest absolute Gasteiger partial charge is 0.138 e. The molecule has 0 fully saturated rings. The lowest BCUT2D eigenvalue weighted by Crippen LogP contribution is -2.10. The van der Waals surface area contributed by atoms with E-state index in [1.54, 1.807) is 17.1 Å². The van der Waals surface area contributed by atoms with Gasteiger partial charge in [0, 0.05) is 15.7 Å². The van der Waals surface area contributed by atoms with Gasteiger partial charge in [-0.1, -0.05) is 50.0 Å². The summed E-state index contributed by atoms with van der Waals surface area (Å²) in [5, 5.41) is 5.47. The second kappa shape index (κ2) is 5.98. The molecule has 0 radical (unpaired) electrons. The number of nitrogens with zero attached hydrogens (tertiary/aromatic N) is 3. The molecule has 0 aliphatic carbocycles. The molecule has 0 N–H and O–H groups in total. The van der Waals surface area contributed by atoms with Crippen molar-refractivity contribution in [2.75, 3.05) is 0 Å². The summed E-state index contributed by atoms with van der Waals surface area (Å²) in [6.45, 7) is 6.55. The zero-order valence-electron chi connectivity index (χ0n) is 11.8. The van der Waals surface area contributed by atoms with E-state index in [0.717, 1.165) is 17.7 Å². The van der Waals surface area contributed by atoms with Crippen molar-refractivity contribution in [3.8, 4) is 0 Å². The molecule has 0 saturated carbocycles. The van der Waals surface area contributed by atoms with Crippen molar-refractivity contribution in [2.45, 2.75) is 27.2 Å². The van der Waals surface area contributed by atoms with Gasteiger partial charge in [-0.15, -0.1) is 0 Å². The number of allylic oxidation sites excluding steroid dienone is 1. The Kier molecular flexibility index (Phi) is 4.51. The SMILES string of the molecule is CC(C)(C)C/C(=C/c1ccc(Cl)cc1Cl)n1cncn1. The molecule has 1 aromatic carbocycles. The van der Waals surface area contributed by atoms with Gasteiger partial charge in [0.05, 0.1) is 0 Å². The van der Waals surface area contributed by atoms with Crippen LogP contribution in [0.3, 0.4) is 0 Å². The first-order valence-electron chi connectivity index (χ1n) is 6.36. The topological polar surface area (TPSA) is 30.7 Å². The maximum atomic E-state index is 6.23. The van der Waals surface area contributed by atoms with Crippen molar-refractivity contribution in [3.05, 3.63) is 46.5 Å². The summed E-state index contributed by atoms with van der Waals surface area (Å²) in [6, 6.07) is 5.48. The Morgan fingerprint density at radius 2 is 2.05 bits per heavy atom. The van der Waals surface area contributed by atoms with E-state index in [2.05, 4.69) is 30.9 Å². The standard InChI is InChI=1S/C15H17Cl2N3/c1-15(2,3)8-13(20-10-18-9-19-20)6-11-4-5-12(16)7-14(11)17/h4-7,9-10H,8H2,1-3H3/b13-6-. The largest absolute Gasteiger partial charge is 0.225 e. The van der Waals surface area contributed by atoms with Crippen LogP contribution in [0.2, 0.25) is 10.0 Å². The minimum absolute atomic E-state index is 0.136. The molecule has 0 amide bonds. The molecule has 0 unspecified atom stereocenters. The second-order valence-electron chi connectivity index (χ2n) is 5.88. The summed E-state index contributed by atoms with van der Waals surface area (Å²) >= 11 is 12.2. The summed E-state index contributed by atoms with van der Waals surface area (Å²) in [6.07, 6.45) is 6.11. The van der Waals surface area contributed by atoms with Crippen molar-refractivity contribution < 1.29 is 0 Å². The van der Waals surface area contributed by atoms with Gasteiger partial charge < -0.3 is 0 Å². The molecule has 1 heterocycles. The van der Waals surface area contributed by atoms with Crippen LogP contribution in [-0.2, 0) is 0 Å². The van der Waals surface area contributed by atoms with Gasteiger partial charge in [-0.2, -0.15) is 5.10 Å². The molecular formula is C15H17Cl2N3. The van der Waals surface area contributed by atoms with Crippen LogP contribution in [0.1, 0.15) is 32.8 Å². The van der Waals surface area contributed by atoms with Crippen LogP contribution in [0.4, 0.5) is 0 Å². The van der Waals surface area contributed by atoms with E-state index in [-0.39, 0.29) is 5.41 Å². The average Bonchev–Trinajstić information content (AvgIpc) is 2.83. The summed E-state index contributed by atoms with van der Waals surface area (Å²) in [5.41, 5.74) is 2.10. The molecule has 0 saturated heterocycles. The van der Waals surface area contributed by atoms with Crippen LogP contribution >= 0.6 is 23.2 Å². The summed E-state index contributed by atoms with van der Waals surface area (Å²) < 4.78 is 1.77. The second-order valence-corrected chi connectivity index (χ2v) is 6.72. The zero-order chi connectivity index (χ0) is 14.8. The third-order valence-corrected chi connectivity index (χ3v) is 3.27. The Balaban J connectivity index is 2.42. The predicted octanol–water partition coefficient (Wildman–Crippen LogP) is 5.02. The molecule has 106 valence electrons. The average molecular weight is 310 g/mol. The maximum Gasteiger partial charge on any atom is 0.138 e. The Bertz CT molecular complexity index is 611. The molecule has 0 bridgehead atoms. The first-order valence-corrected chi connectivity index (χ1v) is 7.11. The van der Waals surface area contributed by atoms with E-state index < -0.39 is 0 Å². The van der Waals surface area contributed by atoms with Crippen LogP contribution in [0, 0.1) is 5.41 Å². The fourth-order valence-electron chi connectivity index (χ4n) is 1.90. The van der Waals surface area contributed by atoms with Crippen LogP contribution in [0.5, 0.6) is 0 Å². The molecule has 5 heteroatoms. The van der Waals surface area contributed by atoms with Gasteiger partial charge in [0.1, 0.15) is 12.7 Å². The third kappa shape index (κ3) is 4.09. The van der Waals surface area contributed by atoms with E-state index in [0.29, 0.717) is 10.0 Å². The van der Waals surface area contributed by atoms with Gasteiger partial charge >= 0.3 is 0 Å². The normalized spacial score (nSPS) is 12.8. The molecule has 2 aromatic rings. The maximum absolute atomic E-state index is 6.23. The highest BCUT2D eigenvalue weighted by Crippen LogP contribution is 2.30. The zero-order valence-corrected chi connectivity index (χ0v) is 13.3. The number of benzene rings is 1. The number of aromatic nitrogens is 3. The van der Waals surface area contributed by atoms with Crippen molar-refractivity contribution in [2.24, 2.45) is 5.41 Å². The van der Waals surface area contributed by atoms with Crippen molar-refractivity contribution >= 4 is 35.0 Å². The summed E-state index contributed by atoms with van der Waals surface area (Å²) in [7, 11) is 0. The molecule has 2 rings (SSSR count). The van der Waals surface area contributed by atoms with Gasteiger partial charge in [0.25, 0.3) is 0 Å². The molecule has 0 atom stereocenters. The Hall–Kier alpha value is -1.32. The Labute approximate surface area is 129 Å². The monoisotopic (exact) mass is 309 g/mol. The molecule has 0 aliphatic heterocycles. The van der Waals surface area contributed by atoms with E-state index in [1.165, 1.54) is 6.33 Å². The van der Waals surface area contributed by atoms with E-state index in [1.807, 2.05) is 18.2 Å². The lowest BCUT2D eigenvalue weighted by atomic mass is 9.90. The van der Waals surface area contributed by atoms with Gasteiger partial charge in [-0.25, -0.2) is 9.67 Å². The highest BCUT2D eigenvalue weighted by atomic mass is 35.5. The number of hydrogen-bond donors (Lipinski definition) is 0. The summed E-state index contributed by atoms with van der Waals surface area (Å²) in [4.78, 5) is 4.01. The highest BCUT2D eigenvalue weighted by Gasteiger charge is 2.15. The van der Waals surface area contributed by atoms with Gasteiger partial charge in [-0.3, -0.25) is 0 Å². The molecular weight excluding hydrogens is 293 g/mol. The number of hydrogen-bond acceptors (Lipinski definition) is 2. The fraction of sp³-hybridized carbons (Fsp3) is 0.333. The van der Waals surface area contributed by atoms with E-state index in [9.17, 15) is 0 Å². The van der Waals surface area contributed by atoms with Crippen LogP contribution in [0.15, 0.2) is 30.9 Å². The predicted molar refractivity (Wildman–Crippen MR) is 84.7 cm³/mol. The van der Waals surface area contributed by atoms with Crippen LogP contribution < -0.4 is 0 Å². The van der Waals surface area contributed by atoms with Crippen LogP contribution in [0.25, 0.3) is 11.8 Å². The van der Waals surface area contributed by atoms with E-state index >= 15 is 0 Å². The minimum atomic E-state index is 0.136. The molecule has 0 spiro atoms. The molecule has 20 heavy (non-hydrogen) atoms. The first-order chi connectivity index (χ1) is 9.35. The van der Waals surface area contributed by atoms with Crippen molar-refractivity contribution in [1.82, 2.24) is 14.8 Å². The van der Waals surface area contributed by atoms with E-state index in [4.69, 9.17) is 23.2 Å². The summed E-state index contributed by atoms with van der Waals surface area (Å²) in [5.74, 6) is 0. The van der Waals surface area contributed by atoms with Crippen molar-refractivity contribution in [1.29, 1.82) is 0 Å². The third-order valence-electron chi connectivity index (χ3n) is 2.71. The molecule has 1 aromatic heterocycles. The van der Waals surface area contributed by atoms with Crippen molar-refractivity contribution in [3.63, 3.8) is 0 Å². The van der Waals surface area contributed by atoms with Gasteiger partial charge in [-0.05, 0) is 35.6 Å². The number of rotatable bonds is 3. The lowest BCUT2D eigenvalue weighted by Gasteiger charge is -2.20. The fourth-order valence-corrected chi connectivity index (χ4v) is 2.36. The minimum Gasteiger partial charge on any atom is -0.225 e. The molecule has 0 aliphatic rings. The lowest BCUT2D eigenvalue weighted by molar-refractivity contribution is 0.419. The number of halogens is 2. The Morgan fingerprint density at radius 1 is 1.30 bits per heavy atom. The highest BCUT2D eigenvalue weighted by molar-refractivity contribution is 6.35. The first kappa shape index (κ1) is 15.1. The molecule has 3 nitrogen and oxygen atoms in total. The van der Waals surface area contributed by atoms with Gasteiger partial charge in [0.15, 0.2) is 0 Å². The quantitative estimate of drug-likeness (QED) is 0.797. The van der Waals surface area contributed by atoms with Gasteiger partial charge in [0.2, 0.25) is 0 Å². The Morgan fingerprint density at radius 3 is 2.60 bits per heavy atom. The van der Waals surface area contributed by atoms with Crippen LogP contribution in [-0.4, -0.2) is 14.8 Å².